The van der Waals surface area contributed by atoms with E-state index in [9.17, 15) is 22.4 Å². The number of nitrogens with one attached hydrogen (secondary N) is 1. The molecule has 0 saturated heterocycles. The lowest BCUT2D eigenvalue weighted by atomic mass is 9.94. The van der Waals surface area contributed by atoms with Crippen molar-refractivity contribution in [3.63, 3.8) is 0 Å². The molecule has 6 rings (SSSR count). The van der Waals surface area contributed by atoms with Gasteiger partial charge in [-0.25, -0.2) is 0 Å². The number of aryl methyl sites for hydroxylation is 1. The van der Waals surface area contributed by atoms with E-state index in [1.807, 2.05) is 18.2 Å². The first-order chi connectivity index (χ1) is 18.8. The van der Waals surface area contributed by atoms with Gasteiger partial charge < -0.3 is 9.55 Å². The number of fused-ring (bicyclic) bond motifs is 4. The third-order valence-electron chi connectivity index (χ3n) is 7.90. The lowest BCUT2D eigenvalue weighted by molar-refractivity contribution is 0.545. The number of hydrogen-bond acceptors (Lipinski definition) is 5. The summed E-state index contributed by atoms with van der Waals surface area (Å²) in [4.78, 5) is 21.1. The van der Waals surface area contributed by atoms with Crippen molar-refractivity contribution >= 4 is 43.1 Å². The topological polar surface area (TPSA) is 109 Å². The molecule has 2 aromatic carbocycles. The Labute approximate surface area is 225 Å². The molecule has 1 aliphatic carbocycles. The molecule has 198 valence electrons. The Hall–Kier alpha value is -4.03. The van der Waals surface area contributed by atoms with Crippen LogP contribution in [0.2, 0.25) is 0 Å². The normalized spacial score (nSPS) is 14.5. The maximum Gasteiger partial charge on any atom is 0.333 e. The number of aromatic nitrogens is 3. The van der Waals surface area contributed by atoms with E-state index in [2.05, 4.69) is 27.5 Å². The molecule has 0 amide bonds. The molecular formula is C30H27FN4O3S. The van der Waals surface area contributed by atoms with Gasteiger partial charge in [0.15, 0.2) is 5.43 Å². The molecule has 1 aliphatic rings. The smallest absolute Gasteiger partial charge is 0.333 e. The van der Waals surface area contributed by atoms with Crippen LogP contribution in [0.5, 0.6) is 0 Å². The van der Waals surface area contributed by atoms with Gasteiger partial charge in [0, 0.05) is 40.3 Å². The number of aromatic amines is 1. The minimum absolute atomic E-state index is 0.0901. The van der Waals surface area contributed by atoms with Crippen LogP contribution in [-0.2, 0) is 16.6 Å². The molecule has 1 N–H and O–H groups in total. The third kappa shape index (κ3) is 4.29. The van der Waals surface area contributed by atoms with Crippen molar-refractivity contribution in [2.24, 2.45) is 0 Å². The van der Waals surface area contributed by atoms with E-state index in [4.69, 9.17) is 0 Å². The molecule has 0 atom stereocenters. The van der Waals surface area contributed by atoms with Gasteiger partial charge in [0.2, 0.25) is 0 Å². The molecule has 0 bridgehead atoms. The predicted molar refractivity (Wildman–Crippen MR) is 150 cm³/mol. The number of nitriles is 1. The van der Waals surface area contributed by atoms with E-state index in [0.29, 0.717) is 28.3 Å². The molecule has 0 aliphatic heterocycles. The number of H-pyrrole nitrogens is 1. The lowest BCUT2D eigenvalue weighted by Gasteiger charge is -2.21. The third-order valence-corrected chi connectivity index (χ3v) is 8.68. The minimum Gasteiger partial charge on any atom is -0.340 e. The molecule has 0 radical (unpaired) electrons. The number of benzene rings is 2. The quantitative estimate of drug-likeness (QED) is 0.241. The molecule has 3 aromatic heterocycles. The Morgan fingerprint density at radius 2 is 1.92 bits per heavy atom. The van der Waals surface area contributed by atoms with E-state index in [1.54, 1.807) is 12.1 Å². The van der Waals surface area contributed by atoms with Crippen LogP contribution in [0, 0.1) is 11.3 Å². The van der Waals surface area contributed by atoms with Crippen LogP contribution < -0.4 is 5.43 Å². The molecule has 0 spiro atoms. The van der Waals surface area contributed by atoms with Gasteiger partial charge in [-0.1, -0.05) is 32.3 Å². The summed E-state index contributed by atoms with van der Waals surface area (Å²) in [5.74, 6) is 0. The number of unbranched alkanes of at least 4 members (excludes halogenated alkanes) is 1. The van der Waals surface area contributed by atoms with Gasteiger partial charge in [-0.05, 0) is 67.1 Å². The summed E-state index contributed by atoms with van der Waals surface area (Å²) in [6.07, 6.45) is 9.12. The molecular weight excluding hydrogens is 515 g/mol. The highest BCUT2D eigenvalue weighted by Crippen LogP contribution is 2.38. The Morgan fingerprint density at radius 1 is 1.13 bits per heavy atom. The fourth-order valence-corrected chi connectivity index (χ4v) is 6.47. The van der Waals surface area contributed by atoms with Gasteiger partial charge in [0.1, 0.15) is 10.5 Å². The minimum atomic E-state index is -4.93. The van der Waals surface area contributed by atoms with E-state index in [1.165, 1.54) is 12.3 Å². The second-order valence-corrected chi connectivity index (χ2v) is 11.7. The maximum absolute atomic E-state index is 14.1. The van der Waals surface area contributed by atoms with E-state index in [-0.39, 0.29) is 11.5 Å². The molecule has 39 heavy (non-hydrogen) atoms. The van der Waals surface area contributed by atoms with Crippen molar-refractivity contribution < 1.29 is 12.3 Å². The highest BCUT2D eigenvalue weighted by Gasteiger charge is 2.25. The van der Waals surface area contributed by atoms with Crippen LogP contribution in [0.1, 0.15) is 62.6 Å². The molecule has 3 heterocycles. The largest absolute Gasteiger partial charge is 0.340 e. The van der Waals surface area contributed by atoms with E-state index < -0.39 is 15.1 Å². The molecule has 5 aromatic rings. The number of nitrogens with zero attached hydrogens (tertiary/aromatic N) is 3. The summed E-state index contributed by atoms with van der Waals surface area (Å²) >= 11 is 0. The fraction of sp³-hybridized carbons (Fsp3) is 0.300. The van der Waals surface area contributed by atoms with Gasteiger partial charge >= 0.3 is 10.2 Å². The summed E-state index contributed by atoms with van der Waals surface area (Å²) in [6.45, 7) is 2.08. The fourth-order valence-electron chi connectivity index (χ4n) is 6.02. The molecule has 9 heteroatoms. The molecule has 1 saturated carbocycles. The van der Waals surface area contributed by atoms with Crippen LogP contribution in [0.3, 0.4) is 0 Å². The summed E-state index contributed by atoms with van der Waals surface area (Å²) in [6, 6.07) is 12.8. The van der Waals surface area contributed by atoms with E-state index >= 15 is 0 Å². The first-order valence-corrected chi connectivity index (χ1v) is 14.6. The van der Waals surface area contributed by atoms with Crippen molar-refractivity contribution in [1.82, 2.24) is 14.5 Å². The van der Waals surface area contributed by atoms with Crippen molar-refractivity contribution in [2.75, 3.05) is 0 Å². The number of rotatable bonds is 6. The summed E-state index contributed by atoms with van der Waals surface area (Å²) in [5.41, 5.74) is 4.74. The lowest BCUT2D eigenvalue weighted by Crippen LogP contribution is -2.15. The summed E-state index contributed by atoms with van der Waals surface area (Å²) in [5, 5.41) is 11.4. The molecule has 7 nitrogen and oxygen atoms in total. The predicted octanol–water partition coefficient (Wildman–Crippen LogP) is 6.69. The van der Waals surface area contributed by atoms with Crippen LogP contribution in [-0.4, -0.2) is 23.0 Å². The zero-order valence-corrected chi connectivity index (χ0v) is 22.3. The van der Waals surface area contributed by atoms with Gasteiger partial charge in [0.05, 0.1) is 22.5 Å². The Bertz CT molecular complexity index is 1980. The zero-order chi connectivity index (χ0) is 27.3. The number of hydrogen-bond donors (Lipinski definition) is 1. The van der Waals surface area contributed by atoms with Crippen LogP contribution in [0.25, 0.3) is 44.0 Å². The molecule has 1 fully saturated rings. The summed E-state index contributed by atoms with van der Waals surface area (Å²) < 4.78 is 39.4. The average Bonchev–Trinajstić information content (AvgIpc) is 3.59. The van der Waals surface area contributed by atoms with Gasteiger partial charge in [-0.15, -0.1) is 3.89 Å². The van der Waals surface area contributed by atoms with Gasteiger partial charge in [0.25, 0.3) is 0 Å². The van der Waals surface area contributed by atoms with Crippen LogP contribution in [0.4, 0.5) is 3.89 Å². The highest BCUT2D eigenvalue weighted by atomic mass is 32.3. The Morgan fingerprint density at radius 3 is 2.64 bits per heavy atom. The second-order valence-electron chi connectivity index (χ2n) is 10.3. The average molecular weight is 543 g/mol. The first kappa shape index (κ1) is 25.3. The standard InChI is InChI=1S/C30H27FN4O3S/c1-2-3-6-19-13-25-27(14-24(19)20-12-22(17-33-16-20)39(31,37)38)35(21-7-4-5-8-21)30-28(29(25)36)23-10-9-18(15-32)11-26(23)34-30/h9-14,16-17,21,34H,2-8H2,1H3. The Balaban J connectivity index is 1.73. The van der Waals surface area contributed by atoms with Crippen molar-refractivity contribution in [3.8, 4) is 17.2 Å². The van der Waals surface area contributed by atoms with E-state index in [0.717, 1.165) is 77.9 Å². The monoisotopic (exact) mass is 542 g/mol. The Kier molecular flexibility index (Phi) is 6.23. The van der Waals surface area contributed by atoms with Crippen molar-refractivity contribution in [3.05, 3.63) is 70.1 Å². The van der Waals surface area contributed by atoms with Gasteiger partial charge in [-0.2, -0.15) is 13.7 Å². The first-order valence-electron chi connectivity index (χ1n) is 13.3. The van der Waals surface area contributed by atoms with Gasteiger partial charge in [-0.3, -0.25) is 9.78 Å². The number of pyridine rings is 2. The maximum atomic E-state index is 14.1. The highest BCUT2D eigenvalue weighted by molar-refractivity contribution is 7.86. The zero-order valence-electron chi connectivity index (χ0n) is 21.5. The number of halogens is 1. The second kappa shape index (κ2) is 9.62. The van der Waals surface area contributed by atoms with Crippen molar-refractivity contribution in [2.45, 2.75) is 62.8 Å². The van der Waals surface area contributed by atoms with Crippen LogP contribution in [0.15, 0.2) is 58.5 Å². The summed E-state index contributed by atoms with van der Waals surface area (Å²) in [7, 11) is -4.93. The SMILES string of the molecule is CCCCc1cc2c(=O)c3c4ccc(C#N)cc4[nH]c3n(C3CCCC3)c2cc1-c1cncc(S(=O)(=O)F)c1. The molecule has 0 unspecified atom stereocenters. The van der Waals surface area contributed by atoms with Crippen molar-refractivity contribution in [1.29, 1.82) is 5.26 Å². The van der Waals surface area contributed by atoms with Crippen LogP contribution >= 0.6 is 0 Å².